The number of rotatable bonds is 9. The summed E-state index contributed by atoms with van der Waals surface area (Å²) in [7, 11) is 0. The van der Waals surface area contributed by atoms with Gasteiger partial charge in [0.1, 0.15) is 11.5 Å². The molecule has 0 unspecified atom stereocenters. The summed E-state index contributed by atoms with van der Waals surface area (Å²) >= 11 is 0. The van der Waals surface area contributed by atoms with Crippen LogP contribution < -0.4 is 10.6 Å². The molecule has 2 aromatic rings. The summed E-state index contributed by atoms with van der Waals surface area (Å²) < 4.78 is 0. The van der Waals surface area contributed by atoms with Crippen molar-refractivity contribution in [2.24, 2.45) is 0 Å². The maximum absolute atomic E-state index is 12.2. The molecule has 0 aliphatic carbocycles. The van der Waals surface area contributed by atoms with Crippen LogP contribution >= 0.6 is 0 Å². The van der Waals surface area contributed by atoms with E-state index in [4.69, 9.17) is 0 Å². The normalized spacial score (nSPS) is 10.1. The lowest BCUT2D eigenvalue weighted by molar-refractivity contribution is 0.0924. The Morgan fingerprint density at radius 3 is 1.54 bits per heavy atom. The summed E-state index contributed by atoms with van der Waals surface area (Å²) in [6, 6.07) is 9.88. The summed E-state index contributed by atoms with van der Waals surface area (Å²) in [4.78, 5) is 24.5. The molecule has 2 aromatic carbocycles. The molecular formula is C22H24N2O4. The average Bonchev–Trinajstić information content (AvgIpc) is 2.68. The minimum atomic E-state index is -0.437. The van der Waals surface area contributed by atoms with E-state index in [9.17, 15) is 19.8 Å². The highest BCUT2D eigenvalue weighted by Crippen LogP contribution is 2.24. The molecule has 6 nitrogen and oxygen atoms in total. The Kier molecular flexibility index (Phi) is 7.39. The number of para-hydroxylation sites is 2. The Balaban J connectivity index is 1.91. The molecule has 0 radical (unpaired) electrons. The van der Waals surface area contributed by atoms with Crippen LogP contribution in [0.3, 0.4) is 0 Å². The first kappa shape index (κ1) is 20.8. The molecule has 0 fully saturated rings. The lowest BCUT2D eigenvalue weighted by Crippen LogP contribution is -2.34. The zero-order chi connectivity index (χ0) is 20.5. The molecule has 146 valence electrons. The predicted molar refractivity (Wildman–Crippen MR) is 109 cm³/mol. The van der Waals surface area contributed by atoms with Gasteiger partial charge < -0.3 is 20.8 Å². The summed E-state index contributed by atoms with van der Waals surface area (Å²) in [5, 5.41) is 25.6. The first-order chi connectivity index (χ1) is 13.5. The topological polar surface area (TPSA) is 98.7 Å². The van der Waals surface area contributed by atoms with Gasteiger partial charge in [-0.25, -0.2) is 0 Å². The van der Waals surface area contributed by atoms with E-state index in [0.717, 1.165) is 0 Å². The maximum atomic E-state index is 12.2. The van der Waals surface area contributed by atoms with E-state index in [1.54, 1.807) is 36.4 Å². The number of allylic oxidation sites excluding steroid dienone is 2. The van der Waals surface area contributed by atoms with Crippen molar-refractivity contribution in [3.63, 3.8) is 0 Å². The van der Waals surface area contributed by atoms with Crippen molar-refractivity contribution in [2.75, 3.05) is 13.1 Å². The van der Waals surface area contributed by atoms with Crippen molar-refractivity contribution in [3.8, 4) is 11.5 Å². The number of carbonyl (C=O) groups is 2. The number of hydrogen-bond acceptors (Lipinski definition) is 4. The van der Waals surface area contributed by atoms with E-state index in [1.807, 2.05) is 0 Å². The van der Waals surface area contributed by atoms with Crippen LogP contribution in [0.15, 0.2) is 61.7 Å². The van der Waals surface area contributed by atoms with E-state index >= 15 is 0 Å². The van der Waals surface area contributed by atoms with Gasteiger partial charge in [0.25, 0.3) is 11.8 Å². The molecule has 2 rings (SSSR count). The second-order valence-corrected chi connectivity index (χ2v) is 6.12. The second kappa shape index (κ2) is 9.97. The number of phenolic OH excluding ortho intramolecular Hbond substituents is 2. The smallest absolute Gasteiger partial charge is 0.255 e. The summed E-state index contributed by atoms with van der Waals surface area (Å²) in [6.07, 6.45) is 4.20. The first-order valence-electron chi connectivity index (χ1n) is 8.89. The third-order valence-corrected chi connectivity index (χ3v) is 4.15. The monoisotopic (exact) mass is 380 g/mol. The molecule has 0 saturated carbocycles. The zero-order valence-corrected chi connectivity index (χ0v) is 15.6. The van der Waals surface area contributed by atoms with E-state index < -0.39 is 11.8 Å². The number of aromatic hydroxyl groups is 2. The summed E-state index contributed by atoms with van der Waals surface area (Å²) in [5.74, 6) is -1.03. The molecule has 0 spiro atoms. The van der Waals surface area contributed by atoms with Crippen molar-refractivity contribution < 1.29 is 19.8 Å². The SMILES string of the molecule is C=CCc1cccc(C(=O)NCCNC(=O)c2cccc(CC=C)c2O)c1O. The highest BCUT2D eigenvalue weighted by Gasteiger charge is 2.15. The third kappa shape index (κ3) is 5.01. The van der Waals surface area contributed by atoms with Gasteiger partial charge in [-0.15, -0.1) is 13.2 Å². The van der Waals surface area contributed by atoms with E-state index in [1.165, 1.54) is 12.1 Å². The Hall–Kier alpha value is -3.54. The molecule has 0 aromatic heterocycles. The van der Waals surface area contributed by atoms with Gasteiger partial charge in [0.05, 0.1) is 11.1 Å². The van der Waals surface area contributed by atoms with E-state index in [0.29, 0.717) is 24.0 Å². The van der Waals surface area contributed by atoms with Crippen LogP contribution in [0.4, 0.5) is 0 Å². The van der Waals surface area contributed by atoms with Gasteiger partial charge in [-0.05, 0) is 36.1 Å². The molecule has 28 heavy (non-hydrogen) atoms. The van der Waals surface area contributed by atoms with Crippen LogP contribution in [0.5, 0.6) is 11.5 Å². The molecule has 4 N–H and O–H groups in total. The zero-order valence-electron chi connectivity index (χ0n) is 15.6. The summed E-state index contributed by atoms with van der Waals surface area (Å²) in [6.45, 7) is 7.58. The highest BCUT2D eigenvalue weighted by molar-refractivity contribution is 5.98. The minimum absolute atomic E-state index is 0.0760. The minimum Gasteiger partial charge on any atom is -0.507 e. The number of carbonyl (C=O) groups excluding carboxylic acids is 2. The predicted octanol–water partition coefficient (Wildman–Crippen LogP) is 2.71. The molecule has 0 atom stereocenters. The lowest BCUT2D eigenvalue weighted by Gasteiger charge is -2.11. The van der Waals surface area contributed by atoms with Crippen LogP contribution in [0.2, 0.25) is 0 Å². The van der Waals surface area contributed by atoms with Crippen molar-refractivity contribution in [2.45, 2.75) is 12.8 Å². The molecular weight excluding hydrogens is 356 g/mol. The Morgan fingerprint density at radius 2 is 1.18 bits per heavy atom. The van der Waals surface area contributed by atoms with E-state index in [-0.39, 0.29) is 35.7 Å². The highest BCUT2D eigenvalue weighted by atomic mass is 16.3. The number of phenols is 2. The van der Waals surface area contributed by atoms with Gasteiger partial charge in [0.2, 0.25) is 0 Å². The van der Waals surface area contributed by atoms with Gasteiger partial charge in [0, 0.05) is 13.1 Å². The molecule has 6 heteroatoms. The number of hydrogen-bond donors (Lipinski definition) is 4. The second-order valence-electron chi connectivity index (χ2n) is 6.12. The van der Waals surface area contributed by atoms with Crippen LogP contribution in [0, 0.1) is 0 Å². The Labute approximate surface area is 164 Å². The maximum Gasteiger partial charge on any atom is 0.255 e. The number of benzene rings is 2. The van der Waals surface area contributed by atoms with Gasteiger partial charge in [0.15, 0.2) is 0 Å². The van der Waals surface area contributed by atoms with Crippen LogP contribution in [-0.2, 0) is 12.8 Å². The average molecular weight is 380 g/mol. The number of nitrogens with one attached hydrogen (secondary N) is 2. The van der Waals surface area contributed by atoms with Crippen LogP contribution in [0.1, 0.15) is 31.8 Å². The molecule has 0 heterocycles. The fraction of sp³-hybridized carbons (Fsp3) is 0.182. The molecule has 0 aliphatic heterocycles. The largest absolute Gasteiger partial charge is 0.507 e. The molecule has 2 amide bonds. The fourth-order valence-corrected chi connectivity index (χ4v) is 2.73. The lowest BCUT2D eigenvalue weighted by atomic mass is 10.1. The van der Waals surface area contributed by atoms with Gasteiger partial charge in [-0.1, -0.05) is 36.4 Å². The van der Waals surface area contributed by atoms with Gasteiger partial charge >= 0.3 is 0 Å². The first-order valence-corrected chi connectivity index (χ1v) is 8.89. The van der Waals surface area contributed by atoms with Gasteiger partial charge in [-0.3, -0.25) is 9.59 Å². The van der Waals surface area contributed by atoms with Gasteiger partial charge in [-0.2, -0.15) is 0 Å². The quantitative estimate of drug-likeness (QED) is 0.397. The molecule has 0 bridgehead atoms. The van der Waals surface area contributed by atoms with Crippen molar-refractivity contribution in [1.82, 2.24) is 10.6 Å². The fourth-order valence-electron chi connectivity index (χ4n) is 2.73. The van der Waals surface area contributed by atoms with Crippen LogP contribution in [0.25, 0.3) is 0 Å². The number of amides is 2. The van der Waals surface area contributed by atoms with E-state index in [2.05, 4.69) is 23.8 Å². The Morgan fingerprint density at radius 1 is 0.786 bits per heavy atom. The van der Waals surface area contributed by atoms with Crippen LogP contribution in [-0.4, -0.2) is 35.1 Å². The molecule has 0 aliphatic rings. The molecule has 0 saturated heterocycles. The summed E-state index contributed by atoms with van der Waals surface area (Å²) in [5.41, 5.74) is 1.57. The Bertz CT molecular complexity index is 817. The van der Waals surface area contributed by atoms with Crippen molar-refractivity contribution >= 4 is 11.8 Å². The van der Waals surface area contributed by atoms with Crippen molar-refractivity contribution in [3.05, 3.63) is 84.0 Å². The third-order valence-electron chi connectivity index (χ3n) is 4.15. The standard InChI is InChI=1S/C22H24N2O4/c1-3-7-15-9-5-11-17(19(15)25)21(27)23-13-14-24-22(28)18-12-6-10-16(8-4-2)20(18)26/h3-6,9-12,25-26H,1-2,7-8,13-14H2,(H,23,27)(H,24,28). The van der Waals surface area contributed by atoms with Crippen molar-refractivity contribution in [1.29, 1.82) is 0 Å².